The predicted molar refractivity (Wildman–Crippen MR) is 72.0 cm³/mol. The SMILES string of the molecule is COC(=O)NCC(=O)NC(c1nn[nH]n1)C1CCCCC1. The van der Waals surface area contributed by atoms with E-state index in [0.29, 0.717) is 11.7 Å². The van der Waals surface area contributed by atoms with Gasteiger partial charge in [-0.25, -0.2) is 4.79 Å². The first-order valence-corrected chi connectivity index (χ1v) is 7.05. The second-order valence-corrected chi connectivity index (χ2v) is 5.06. The number of hydrogen-bond donors (Lipinski definition) is 3. The lowest BCUT2D eigenvalue weighted by molar-refractivity contribution is -0.121. The van der Waals surface area contributed by atoms with E-state index >= 15 is 0 Å². The molecule has 21 heavy (non-hydrogen) atoms. The summed E-state index contributed by atoms with van der Waals surface area (Å²) in [5.41, 5.74) is 0. The molecule has 9 nitrogen and oxygen atoms in total. The topological polar surface area (TPSA) is 122 Å². The maximum absolute atomic E-state index is 11.9. The molecule has 1 aliphatic rings. The van der Waals surface area contributed by atoms with E-state index in [4.69, 9.17) is 0 Å². The number of nitrogens with zero attached hydrogens (tertiary/aromatic N) is 3. The van der Waals surface area contributed by atoms with Gasteiger partial charge in [0.1, 0.15) is 6.54 Å². The molecule has 9 heteroatoms. The molecule has 1 aromatic heterocycles. The van der Waals surface area contributed by atoms with Gasteiger partial charge in [-0.2, -0.15) is 5.21 Å². The van der Waals surface area contributed by atoms with Crippen LogP contribution in [0, 0.1) is 5.92 Å². The van der Waals surface area contributed by atoms with Crippen LogP contribution in [0.5, 0.6) is 0 Å². The molecule has 116 valence electrons. The van der Waals surface area contributed by atoms with Gasteiger partial charge in [-0.1, -0.05) is 24.5 Å². The van der Waals surface area contributed by atoms with Crippen LogP contribution in [0.4, 0.5) is 4.79 Å². The number of hydrogen-bond acceptors (Lipinski definition) is 6. The Morgan fingerprint density at radius 3 is 2.76 bits per heavy atom. The lowest BCUT2D eigenvalue weighted by Crippen LogP contribution is -2.41. The van der Waals surface area contributed by atoms with E-state index in [0.717, 1.165) is 25.7 Å². The molecule has 1 saturated carbocycles. The molecule has 1 unspecified atom stereocenters. The summed E-state index contributed by atoms with van der Waals surface area (Å²) >= 11 is 0. The van der Waals surface area contributed by atoms with Gasteiger partial charge in [0.2, 0.25) is 5.91 Å². The molecule has 0 bridgehead atoms. The van der Waals surface area contributed by atoms with E-state index in [9.17, 15) is 9.59 Å². The number of H-pyrrole nitrogens is 1. The number of rotatable bonds is 5. The first-order chi connectivity index (χ1) is 10.2. The summed E-state index contributed by atoms with van der Waals surface area (Å²) in [6, 6.07) is -0.281. The number of nitrogens with one attached hydrogen (secondary N) is 3. The van der Waals surface area contributed by atoms with E-state index in [1.54, 1.807) is 0 Å². The van der Waals surface area contributed by atoms with Crippen LogP contribution in [-0.4, -0.2) is 46.3 Å². The molecule has 2 rings (SSSR count). The molecule has 1 aromatic rings. The van der Waals surface area contributed by atoms with Crippen molar-refractivity contribution in [2.75, 3.05) is 13.7 Å². The van der Waals surface area contributed by atoms with Gasteiger partial charge in [-0.05, 0) is 18.8 Å². The zero-order chi connectivity index (χ0) is 15.1. The number of carbonyl (C=O) groups is 2. The van der Waals surface area contributed by atoms with Crippen molar-refractivity contribution in [1.82, 2.24) is 31.3 Å². The Hall–Kier alpha value is -2.19. The van der Waals surface area contributed by atoms with Crippen LogP contribution < -0.4 is 10.6 Å². The molecule has 1 heterocycles. The van der Waals surface area contributed by atoms with Gasteiger partial charge >= 0.3 is 6.09 Å². The van der Waals surface area contributed by atoms with Gasteiger partial charge in [0.25, 0.3) is 0 Å². The standard InChI is InChI=1S/C12H20N6O3/c1-21-12(20)13-7-9(19)14-10(11-15-17-18-16-11)8-5-3-2-4-6-8/h8,10H,2-7H2,1H3,(H,13,20)(H,14,19)(H,15,16,17,18). The summed E-state index contributed by atoms with van der Waals surface area (Å²) in [5, 5.41) is 19.2. The van der Waals surface area contributed by atoms with Crippen molar-refractivity contribution in [3.05, 3.63) is 5.82 Å². The highest BCUT2D eigenvalue weighted by atomic mass is 16.5. The number of alkyl carbamates (subject to hydrolysis) is 1. The molecule has 1 aliphatic carbocycles. The summed E-state index contributed by atoms with van der Waals surface area (Å²) < 4.78 is 4.42. The van der Waals surface area contributed by atoms with Crippen LogP contribution in [0.25, 0.3) is 0 Å². The number of amides is 2. The number of aromatic nitrogens is 4. The van der Waals surface area contributed by atoms with Gasteiger partial charge in [0, 0.05) is 0 Å². The largest absolute Gasteiger partial charge is 0.453 e. The third-order valence-electron chi connectivity index (χ3n) is 3.66. The number of aromatic amines is 1. The Balaban J connectivity index is 1.95. The van der Waals surface area contributed by atoms with Gasteiger partial charge in [-0.3, -0.25) is 4.79 Å². The molecule has 3 N–H and O–H groups in total. The lowest BCUT2D eigenvalue weighted by Gasteiger charge is -2.28. The second-order valence-electron chi connectivity index (χ2n) is 5.06. The van der Waals surface area contributed by atoms with Gasteiger partial charge in [-0.15, -0.1) is 10.2 Å². The quantitative estimate of drug-likeness (QED) is 0.718. The predicted octanol–water partition coefficient (Wildman–Crippen LogP) is 0.293. The Kier molecular flexibility index (Phi) is 5.47. The Morgan fingerprint density at radius 1 is 1.38 bits per heavy atom. The first-order valence-electron chi connectivity index (χ1n) is 7.05. The van der Waals surface area contributed by atoms with Crippen LogP contribution in [0.3, 0.4) is 0 Å². The summed E-state index contributed by atoms with van der Waals surface area (Å²) in [6.45, 7) is -0.145. The van der Waals surface area contributed by atoms with Crippen LogP contribution in [-0.2, 0) is 9.53 Å². The van der Waals surface area contributed by atoms with Gasteiger partial charge < -0.3 is 15.4 Å². The van der Waals surface area contributed by atoms with E-state index in [1.165, 1.54) is 13.5 Å². The fourth-order valence-corrected chi connectivity index (χ4v) is 2.61. The Labute approximate surface area is 122 Å². The maximum Gasteiger partial charge on any atom is 0.407 e. The summed E-state index contributed by atoms with van der Waals surface area (Å²) in [6.07, 6.45) is 4.88. The van der Waals surface area contributed by atoms with Gasteiger partial charge in [0.05, 0.1) is 13.2 Å². The second kappa shape index (κ2) is 7.55. The van der Waals surface area contributed by atoms with Crippen molar-refractivity contribution in [3.63, 3.8) is 0 Å². The zero-order valence-electron chi connectivity index (χ0n) is 12.0. The van der Waals surface area contributed by atoms with Crippen molar-refractivity contribution in [2.24, 2.45) is 5.92 Å². The normalized spacial score (nSPS) is 17.0. The summed E-state index contributed by atoms with van der Waals surface area (Å²) in [7, 11) is 1.25. The third kappa shape index (κ3) is 4.40. The number of tetrazole rings is 1. The van der Waals surface area contributed by atoms with Crippen LogP contribution in [0.15, 0.2) is 0 Å². The molecule has 2 amide bonds. The smallest absolute Gasteiger partial charge is 0.407 e. The molecule has 0 aliphatic heterocycles. The first kappa shape index (κ1) is 15.2. The van der Waals surface area contributed by atoms with Crippen molar-refractivity contribution < 1.29 is 14.3 Å². The van der Waals surface area contributed by atoms with Crippen molar-refractivity contribution >= 4 is 12.0 Å². The number of methoxy groups -OCH3 is 1. The van der Waals surface area contributed by atoms with Crippen molar-refractivity contribution in [3.8, 4) is 0 Å². The maximum atomic E-state index is 11.9. The average Bonchev–Trinajstić information content (AvgIpc) is 3.05. The Bertz CT molecular complexity index is 458. The van der Waals surface area contributed by atoms with E-state index in [2.05, 4.69) is 36.0 Å². The van der Waals surface area contributed by atoms with E-state index < -0.39 is 6.09 Å². The minimum absolute atomic E-state index is 0.145. The third-order valence-corrected chi connectivity index (χ3v) is 3.66. The summed E-state index contributed by atoms with van der Waals surface area (Å²) in [5.74, 6) is 0.465. The average molecular weight is 296 g/mol. The highest BCUT2D eigenvalue weighted by molar-refractivity contribution is 5.82. The zero-order valence-corrected chi connectivity index (χ0v) is 12.0. The minimum Gasteiger partial charge on any atom is -0.453 e. The monoisotopic (exact) mass is 296 g/mol. The fourth-order valence-electron chi connectivity index (χ4n) is 2.61. The van der Waals surface area contributed by atoms with E-state index in [1.807, 2.05) is 0 Å². The molecular formula is C12H20N6O3. The summed E-state index contributed by atoms with van der Waals surface area (Å²) in [4.78, 5) is 22.9. The Morgan fingerprint density at radius 2 is 2.14 bits per heavy atom. The van der Waals surface area contributed by atoms with Gasteiger partial charge in [0.15, 0.2) is 5.82 Å². The number of carbonyl (C=O) groups excluding carboxylic acids is 2. The molecule has 0 aromatic carbocycles. The van der Waals surface area contributed by atoms with Crippen LogP contribution in [0.2, 0.25) is 0 Å². The molecule has 0 saturated heterocycles. The minimum atomic E-state index is -0.640. The van der Waals surface area contributed by atoms with Crippen LogP contribution in [0.1, 0.15) is 44.0 Å². The molecule has 0 spiro atoms. The molecule has 0 radical (unpaired) electrons. The molecule has 1 atom stereocenters. The van der Waals surface area contributed by atoms with Crippen LogP contribution >= 0.6 is 0 Å². The lowest BCUT2D eigenvalue weighted by atomic mass is 9.83. The van der Waals surface area contributed by atoms with E-state index in [-0.39, 0.29) is 18.5 Å². The molecule has 1 fully saturated rings. The number of ether oxygens (including phenoxy) is 1. The highest BCUT2D eigenvalue weighted by Crippen LogP contribution is 2.32. The molecular weight excluding hydrogens is 276 g/mol. The van der Waals surface area contributed by atoms with Crippen molar-refractivity contribution in [1.29, 1.82) is 0 Å². The highest BCUT2D eigenvalue weighted by Gasteiger charge is 2.29. The fraction of sp³-hybridized carbons (Fsp3) is 0.750. The van der Waals surface area contributed by atoms with Crippen molar-refractivity contribution in [2.45, 2.75) is 38.1 Å².